The third kappa shape index (κ3) is 3.68. The molecule has 0 spiro atoms. The van der Waals surface area contributed by atoms with E-state index >= 15 is 0 Å². The molecule has 1 aromatic rings. The Labute approximate surface area is 108 Å². The number of aryl methyl sites for hydroxylation is 1. The first-order chi connectivity index (χ1) is 8.31. The van der Waals surface area contributed by atoms with Gasteiger partial charge in [-0.1, -0.05) is 13.8 Å². The molecule has 1 heterocycles. The Morgan fingerprint density at radius 2 is 2.00 bits per heavy atom. The van der Waals surface area contributed by atoms with Crippen LogP contribution in [0.2, 0.25) is 0 Å². The van der Waals surface area contributed by atoms with Crippen LogP contribution >= 0.6 is 0 Å². The van der Waals surface area contributed by atoms with Crippen molar-refractivity contribution in [2.24, 2.45) is 5.92 Å². The van der Waals surface area contributed by atoms with Crippen molar-refractivity contribution in [2.75, 3.05) is 12.8 Å². The van der Waals surface area contributed by atoms with Crippen LogP contribution in [0.5, 0.6) is 0 Å². The molecule has 0 saturated heterocycles. The molecule has 5 heteroatoms. The summed E-state index contributed by atoms with van der Waals surface area (Å²) in [4.78, 5) is 21.9. The zero-order chi connectivity index (χ0) is 13.9. The standard InChI is InChI=1S/C13H22N4O/c1-8(2)6-10(4)17(5)12(18)11-7-9(3)15-13(14)16-11/h7-8,10H,6H2,1-5H3,(H2,14,15,16). The smallest absolute Gasteiger partial charge is 0.272 e. The molecule has 1 unspecified atom stereocenters. The van der Waals surface area contributed by atoms with Gasteiger partial charge in [-0.15, -0.1) is 0 Å². The third-order valence-electron chi connectivity index (χ3n) is 2.88. The van der Waals surface area contributed by atoms with Gasteiger partial charge in [0.15, 0.2) is 0 Å². The van der Waals surface area contributed by atoms with Crippen LogP contribution in [0.15, 0.2) is 6.07 Å². The monoisotopic (exact) mass is 250 g/mol. The maximum atomic E-state index is 12.3. The zero-order valence-corrected chi connectivity index (χ0v) is 11.8. The first kappa shape index (κ1) is 14.4. The van der Waals surface area contributed by atoms with Crippen LogP contribution in [0.3, 0.4) is 0 Å². The van der Waals surface area contributed by atoms with Crippen LogP contribution in [-0.2, 0) is 0 Å². The van der Waals surface area contributed by atoms with Crippen molar-refractivity contribution in [3.63, 3.8) is 0 Å². The van der Waals surface area contributed by atoms with E-state index in [1.54, 1.807) is 24.9 Å². The molecule has 0 bridgehead atoms. The molecule has 0 aliphatic heterocycles. The summed E-state index contributed by atoms with van der Waals surface area (Å²) in [6.45, 7) is 8.12. The van der Waals surface area contributed by atoms with Crippen molar-refractivity contribution < 1.29 is 4.79 Å². The lowest BCUT2D eigenvalue weighted by Crippen LogP contribution is -2.36. The normalized spacial score (nSPS) is 12.6. The highest BCUT2D eigenvalue weighted by Gasteiger charge is 2.20. The number of nitrogens with two attached hydrogens (primary N) is 1. The van der Waals surface area contributed by atoms with Crippen molar-refractivity contribution in [1.82, 2.24) is 14.9 Å². The van der Waals surface area contributed by atoms with Crippen molar-refractivity contribution in [3.8, 4) is 0 Å². The lowest BCUT2D eigenvalue weighted by Gasteiger charge is -2.26. The van der Waals surface area contributed by atoms with Gasteiger partial charge in [0, 0.05) is 18.8 Å². The van der Waals surface area contributed by atoms with E-state index in [4.69, 9.17) is 5.73 Å². The van der Waals surface area contributed by atoms with Crippen molar-refractivity contribution in [2.45, 2.75) is 40.2 Å². The Balaban J connectivity index is 2.86. The maximum Gasteiger partial charge on any atom is 0.272 e. The molecular formula is C13H22N4O. The summed E-state index contributed by atoms with van der Waals surface area (Å²) < 4.78 is 0. The van der Waals surface area contributed by atoms with Crippen molar-refractivity contribution in [1.29, 1.82) is 0 Å². The van der Waals surface area contributed by atoms with E-state index in [0.29, 0.717) is 17.3 Å². The van der Waals surface area contributed by atoms with Gasteiger partial charge >= 0.3 is 0 Å². The highest BCUT2D eigenvalue weighted by molar-refractivity contribution is 5.92. The second-order valence-electron chi connectivity index (χ2n) is 5.15. The van der Waals surface area contributed by atoms with Gasteiger partial charge in [-0.05, 0) is 32.3 Å². The zero-order valence-electron chi connectivity index (χ0n) is 11.8. The summed E-state index contributed by atoms with van der Waals surface area (Å²) in [7, 11) is 1.79. The molecule has 0 aliphatic rings. The van der Waals surface area contributed by atoms with Gasteiger partial charge in [-0.2, -0.15) is 0 Å². The van der Waals surface area contributed by atoms with Gasteiger partial charge in [0.25, 0.3) is 5.91 Å². The summed E-state index contributed by atoms with van der Waals surface area (Å²) in [5, 5.41) is 0. The number of amides is 1. The van der Waals surface area contributed by atoms with Crippen molar-refractivity contribution in [3.05, 3.63) is 17.5 Å². The fourth-order valence-electron chi connectivity index (χ4n) is 1.92. The van der Waals surface area contributed by atoms with Gasteiger partial charge in [-0.25, -0.2) is 9.97 Å². The minimum absolute atomic E-state index is 0.111. The molecule has 18 heavy (non-hydrogen) atoms. The summed E-state index contributed by atoms with van der Waals surface area (Å²) in [6.07, 6.45) is 0.960. The molecular weight excluding hydrogens is 228 g/mol. The Hall–Kier alpha value is -1.65. The molecule has 1 atom stereocenters. The Kier molecular flexibility index (Phi) is 4.64. The van der Waals surface area contributed by atoms with Crippen molar-refractivity contribution >= 4 is 11.9 Å². The predicted molar refractivity (Wildman–Crippen MR) is 72.2 cm³/mol. The minimum atomic E-state index is -0.111. The number of hydrogen-bond acceptors (Lipinski definition) is 4. The van der Waals surface area contributed by atoms with Crippen LogP contribution in [0.25, 0.3) is 0 Å². The van der Waals surface area contributed by atoms with E-state index in [-0.39, 0.29) is 17.9 Å². The molecule has 0 aromatic carbocycles. The van der Waals surface area contributed by atoms with Crippen LogP contribution in [0.4, 0.5) is 5.95 Å². The Morgan fingerprint density at radius 3 is 2.50 bits per heavy atom. The fourth-order valence-corrected chi connectivity index (χ4v) is 1.92. The summed E-state index contributed by atoms with van der Waals surface area (Å²) in [5.41, 5.74) is 6.63. The highest BCUT2D eigenvalue weighted by atomic mass is 16.2. The van der Waals surface area contributed by atoms with Crippen LogP contribution in [-0.4, -0.2) is 33.9 Å². The lowest BCUT2D eigenvalue weighted by atomic mass is 10.0. The number of carbonyl (C=O) groups is 1. The number of carbonyl (C=O) groups excluding carboxylic acids is 1. The number of hydrogen-bond donors (Lipinski definition) is 1. The molecule has 1 amide bonds. The van der Waals surface area contributed by atoms with E-state index in [2.05, 4.69) is 23.8 Å². The first-order valence-electron chi connectivity index (χ1n) is 6.19. The van der Waals surface area contributed by atoms with Gasteiger partial charge < -0.3 is 10.6 Å². The maximum absolute atomic E-state index is 12.3. The molecule has 0 aliphatic carbocycles. The van der Waals surface area contributed by atoms with E-state index in [9.17, 15) is 4.79 Å². The van der Waals surface area contributed by atoms with Gasteiger partial charge in [0.05, 0.1) is 0 Å². The molecule has 1 aromatic heterocycles. The molecule has 0 radical (unpaired) electrons. The fraction of sp³-hybridized carbons (Fsp3) is 0.615. The number of nitrogens with zero attached hydrogens (tertiary/aromatic N) is 3. The van der Waals surface area contributed by atoms with Gasteiger partial charge in [0.1, 0.15) is 5.69 Å². The third-order valence-corrected chi connectivity index (χ3v) is 2.88. The topological polar surface area (TPSA) is 72.1 Å². The molecule has 5 nitrogen and oxygen atoms in total. The number of rotatable bonds is 4. The molecule has 0 fully saturated rings. The van der Waals surface area contributed by atoms with Crippen LogP contribution in [0.1, 0.15) is 43.4 Å². The van der Waals surface area contributed by atoms with E-state index in [1.165, 1.54) is 0 Å². The van der Waals surface area contributed by atoms with Crippen LogP contribution in [0, 0.1) is 12.8 Å². The molecule has 2 N–H and O–H groups in total. The Bertz CT molecular complexity index is 411. The summed E-state index contributed by atoms with van der Waals surface area (Å²) >= 11 is 0. The summed E-state index contributed by atoms with van der Waals surface area (Å²) in [5.74, 6) is 0.580. The molecule has 100 valence electrons. The van der Waals surface area contributed by atoms with E-state index < -0.39 is 0 Å². The number of anilines is 1. The van der Waals surface area contributed by atoms with E-state index in [0.717, 1.165) is 6.42 Å². The largest absolute Gasteiger partial charge is 0.368 e. The van der Waals surface area contributed by atoms with E-state index in [1.807, 2.05) is 6.92 Å². The van der Waals surface area contributed by atoms with Crippen LogP contribution < -0.4 is 5.73 Å². The number of nitrogen functional groups attached to an aromatic ring is 1. The minimum Gasteiger partial charge on any atom is -0.368 e. The second kappa shape index (κ2) is 5.80. The Morgan fingerprint density at radius 1 is 1.39 bits per heavy atom. The lowest BCUT2D eigenvalue weighted by molar-refractivity contribution is 0.0722. The number of aromatic nitrogens is 2. The molecule has 1 rings (SSSR count). The molecule has 0 saturated carbocycles. The summed E-state index contributed by atoms with van der Waals surface area (Å²) in [6, 6.07) is 1.84. The second-order valence-corrected chi connectivity index (χ2v) is 5.15. The average Bonchev–Trinajstić information content (AvgIpc) is 2.24. The highest BCUT2D eigenvalue weighted by Crippen LogP contribution is 2.13. The quantitative estimate of drug-likeness (QED) is 0.885. The average molecular weight is 250 g/mol. The predicted octanol–water partition coefficient (Wildman–Crippen LogP) is 1.87. The van der Waals surface area contributed by atoms with Gasteiger partial charge in [0.2, 0.25) is 5.95 Å². The first-order valence-corrected chi connectivity index (χ1v) is 6.19. The van der Waals surface area contributed by atoms with Gasteiger partial charge in [-0.3, -0.25) is 4.79 Å². The SMILES string of the molecule is Cc1cc(C(=O)N(C)C(C)CC(C)C)nc(N)n1.